The van der Waals surface area contributed by atoms with E-state index in [-0.39, 0.29) is 24.0 Å². The van der Waals surface area contributed by atoms with Crippen LogP contribution in [0.5, 0.6) is 5.88 Å². The van der Waals surface area contributed by atoms with E-state index in [4.69, 9.17) is 14.2 Å². The molecule has 1 N–H and O–H groups in total. The minimum atomic E-state index is -0.597. The van der Waals surface area contributed by atoms with Crippen LogP contribution in [-0.4, -0.2) is 42.4 Å². The molecule has 0 spiro atoms. The summed E-state index contributed by atoms with van der Waals surface area (Å²) in [5.74, 6) is -0.400. The van der Waals surface area contributed by atoms with Crippen molar-refractivity contribution in [3.63, 3.8) is 0 Å². The van der Waals surface area contributed by atoms with Gasteiger partial charge in [-0.05, 0) is 12.0 Å². The Morgan fingerprint density at radius 3 is 2.96 bits per heavy atom. The second kappa shape index (κ2) is 8.03. The van der Waals surface area contributed by atoms with Crippen LogP contribution in [0, 0.1) is 5.82 Å². The number of anilines is 1. The Labute approximate surface area is 140 Å². The van der Waals surface area contributed by atoms with E-state index in [0.717, 1.165) is 18.2 Å². The van der Waals surface area contributed by atoms with Gasteiger partial charge in [0, 0.05) is 6.61 Å². The molecule has 0 unspecified atom stereocenters. The molecular formula is C17H20FN3O3. The second-order valence-electron chi connectivity index (χ2n) is 5.50. The summed E-state index contributed by atoms with van der Waals surface area (Å²) in [6.45, 7) is 1.64. The molecule has 0 radical (unpaired) electrons. The van der Waals surface area contributed by atoms with Gasteiger partial charge in [-0.1, -0.05) is 30.3 Å². The number of methoxy groups -OCH3 is 1. The molecule has 7 heteroatoms. The number of hydrogen-bond donors (Lipinski definition) is 1. The summed E-state index contributed by atoms with van der Waals surface area (Å²) >= 11 is 0. The standard InChI is InChI=1S/C17H20FN3O3/c1-22-16-13(18)9-19-17(21-16)20-14-11-23-8-7-15(14)24-10-12-5-3-2-4-6-12/h2-6,9,14-15H,7-8,10-11H2,1H3,(H,19,20,21)/t14-,15+/m1/s1. The first-order valence-corrected chi connectivity index (χ1v) is 7.82. The molecule has 1 fully saturated rings. The van der Waals surface area contributed by atoms with Gasteiger partial charge in [-0.15, -0.1) is 0 Å². The highest BCUT2D eigenvalue weighted by Crippen LogP contribution is 2.19. The highest BCUT2D eigenvalue weighted by atomic mass is 19.1. The first-order valence-electron chi connectivity index (χ1n) is 7.82. The van der Waals surface area contributed by atoms with E-state index in [2.05, 4.69) is 15.3 Å². The van der Waals surface area contributed by atoms with Gasteiger partial charge < -0.3 is 19.5 Å². The van der Waals surface area contributed by atoms with E-state index < -0.39 is 5.82 Å². The molecule has 1 aromatic carbocycles. The fraction of sp³-hybridized carbons (Fsp3) is 0.412. The summed E-state index contributed by atoms with van der Waals surface area (Å²) < 4.78 is 29.8. The van der Waals surface area contributed by atoms with Gasteiger partial charge in [-0.3, -0.25) is 0 Å². The molecule has 1 aromatic heterocycles. The van der Waals surface area contributed by atoms with Crippen molar-refractivity contribution in [3.8, 4) is 5.88 Å². The lowest BCUT2D eigenvalue weighted by atomic mass is 10.1. The number of ether oxygens (including phenoxy) is 3. The molecule has 24 heavy (non-hydrogen) atoms. The van der Waals surface area contributed by atoms with Crippen LogP contribution in [0.3, 0.4) is 0 Å². The quantitative estimate of drug-likeness (QED) is 0.876. The van der Waals surface area contributed by atoms with Crippen molar-refractivity contribution in [1.29, 1.82) is 0 Å². The Morgan fingerprint density at radius 2 is 2.17 bits per heavy atom. The van der Waals surface area contributed by atoms with Crippen LogP contribution in [0.25, 0.3) is 0 Å². The second-order valence-corrected chi connectivity index (χ2v) is 5.50. The predicted molar refractivity (Wildman–Crippen MR) is 86.4 cm³/mol. The number of benzene rings is 1. The normalized spacial score (nSPS) is 20.6. The fourth-order valence-corrected chi connectivity index (χ4v) is 2.56. The van der Waals surface area contributed by atoms with Gasteiger partial charge in [0.05, 0.1) is 38.7 Å². The highest BCUT2D eigenvalue weighted by Gasteiger charge is 2.27. The Hall–Kier alpha value is -2.25. The average molecular weight is 333 g/mol. The number of rotatable bonds is 6. The lowest BCUT2D eigenvalue weighted by molar-refractivity contribution is -0.0479. The van der Waals surface area contributed by atoms with Crippen LogP contribution in [0.15, 0.2) is 36.5 Å². The maximum atomic E-state index is 13.4. The van der Waals surface area contributed by atoms with E-state index in [1.54, 1.807) is 0 Å². The number of nitrogens with one attached hydrogen (secondary N) is 1. The molecule has 1 saturated heterocycles. The fourth-order valence-electron chi connectivity index (χ4n) is 2.56. The summed E-state index contributed by atoms with van der Waals surface area (Å²) in [4.78, 5) is 7.95. The Balaban J connectivity index is 1.64. The summed E-state index contributed by atoms with van der Waals surface area (Å²) in [7, 11) is 1.37. The van der Waals surface area contributed by atoms with Gasteiger partial charge in [0.25, 0.3) is 5.88 Å². The topological polar surface area (TPSA) is 65.5 Å². The number of halogens is 1. The van der Waals surface area contributed by atoms with E-state index >= 15 is 0 Å². The predicted octanol–water partition coefficient (Wildman–Crippen LogP) is 2.41. The third kappa shape index (κ3) is 4.18. The Kier molecular flexibility index (Phi) is 5.55. The average Bonchev–Trinajstić information content (AvgIpc) is 2.63. The van der Waals surface area contributed by atoms with Crippen LogP contribution in [0.1, 0.15) is 12.0 Å². The van der Waals surface area contributed by atoms with Crippen molar-refractivity contribution in [3.05, 3.63) is 47.9 Å². The Bertz CT molecular complexity index is 657. The summed E-state index contributed by atoms with van der Waals surface area (Å²) in [5.41, 5.74) is 1.11. The van der Waals surface area contributed by atoms with Gasteiger partial charge in [-0.2, -0.15) is 9.37 Å². The van der Waals surface area contributed by atoms with Crippen molar-refractivity contribution in [2.45, 2.75) is 25.2 Å². The van der Waals surface area contributed by atoms with E-state index in [0.29, 0.717) is 19.8 Å². The zero-order valence-electron chi connectivity index (χ0n) is 13.4. The van der Waals surface area contributed by atoms with E-state index in [1.165, 1.54) is 7.11 Å². The number of hydrogen-bond acceptors (Lipinski definition) is 6. The van der Waals surface area contributed by atoms with Crippen LogP contribution in [0.4, 0.5) is 10.3 Å². The third-order valence-electron chi connectivity index (χ3n) is 3.82. The number of aromatic nitrogens is 2. The zero-order chi connectivity index (χ0) is 16.8. The lowest BCUT2D eigenvalue weighted by Gasteiger charge is -2.32. The zero-order valence-corrected chi connectivity index (χ0v) is 13.4. The van der Waals surface area contributed by atoms with Crippen molar-refractivity contribution in [2.75, 3.05) is 25.6 Å². The first-order chi connectivity index (χ1) is 11.8. The number of nitrogens with zero attached hydrogens (tertiary/aromatic N) is 2. The largest absolute Gasteiger partial charge is 0.479 e. The van der Waals surface area contributed by atoms with E-state index in [1.807, 2.05) is 30.3 Å². The van der Waals surface area contributed by atoms with Crippen LogP contribution < -0.4 is 10.1 Å². The maximum Gasteiger partial charge on any atom is 0.255 e. The summed E-state index contributed by atoms with van der Waals surface area (Å²) in [6.07, 6.45) is 1.80. The molecule has 2 heterocycles. The minimum absolute atomic E-state index is 0.0430. The summed E-state index contributed by atoms with van der Waals surface area (Å²) in [6, 6.07) is 9.87. The molecule has 0 amide bonds. The molecule has 2 atom stereocenters. The molecule has 3 rings (SSSR count). The van der Waals surface area contributed by atoms with Crippen molar-refractivity contribution >= 4 is 5.95 Å². The molecule has 1 aliphatic rings. The maximum absolute atomic E-state index is 13.4. The highest BCUT2D eigenvalue weighted by molar-refractivity contribution is 5.30. The SMILES string of the molecule is COc1nc(N[C@@H]2COCC[C@@H]2OCc2ccccc2)ncc1F. The minimum Gasteiger partial charge on any atom is -0.479 e. The third-order valence-corrected chi connectivity index (χ3v) is 3.82. The smallest absolute Gasteiger partial charge is 0.255 e. The van der Waals surface area contributed by atoms with Crippen molar-refractivity contribution in [2.24, 2.45) is 0 Å². The van der Waals surface area contributed by atoms with Crippen molar-refractivity contribution in [1.82, 2.24) is 9.97 Å². The molecule has 0 aliphatic carbocycles. The molecule has 0 saturated carbocycles. The lowest BCUT2D eigenvalue weighted by Crippen LogP contribution is -2.44. The molecule has 1 aliphatic heterocycles. The van der Waals surface area contributed by atoms with Gasteiger partial charge in [0.15, 0.2) is 0 Å². The molecule has 128 valence electrons. The van der Waals surface area contributed by atoms with E-state index in [9.17, 15) is 4.39 Å². The molecule has 6 nitrogen and oxygen atoms in total. The van der Waals surface area contributed by atoms with Gasteiger partial charge in [0.1, 0.15) is 0 Å². The van der Waals surface area contributed by atoms with Gasteiger partial charge in [-0.25, -0.2) is 4.98 Å². The Morgan fingerprint density at radius 1 is 1.33 bits per heavy atom. The summed E-state index contributed by atoms with van der Waals surface area (Å²) in [5, 5.41) is 3.15. The van der Waals surface area contributed by atoms with Gasteiger partial charge in [0.2, 0.25) is 11.8 Å². The molecular weight excluding hydrogens is 313 g/mol. The monoisotopic (exact) mass is 333 g/mol. The molecule has 2 aromatic rings. The first kappa shape index (κ1) is 16.6. The molecule has 0 bridgehead atoms. The van der Waals surface area contributed by atoms with Crippen molar-refractivity contribution < 1.29 is 18.6 Å². The van der Waals surface area contributed by atoms with Gasteiger partial charge >= 0.3 is 0 Å². The van der Waals surface area contributed by atoms with Crippen LogP contribution >= 0.6 is 0 Å². The van der Waals surface area contributed by atoms with Crippen LogP contribution in [0.2, 0.25) is 0 Å². The van der Waals surface area contributed by atoms with Crippen LogP contribution in [-0.2, 0) is 16.1 Å².